The maximum atomic E-state index is 13.3. The Balaban J connectivity index is 3.33. The summed E-state index contributed by atoms with van der Waals surface area (Å²) in [6.07, 6.45) is 0. The van der Waals surface area contributed by atoms with Crippen molar-refractivity contribution < 1.29 is 12.8 Å². The maximum Gasteiger partial charge on any atom is 0.253 e. The lowest BCUT2D eigenvalue weighted by Gasteiger charge is -2.14. The van der Waals surface area contributed by atoms with Crippen molar-refractivity contribution in [2.75, 3.05) is 19.8 Å². The van der Waals surface area contributed by atoms with Gasteiger partial charge in [0.2, 0.25) is 0 Å². The van der Waals surface area contributed by atoms with E-state index in [2.05, 4.69) is 4.83 Å². The van der Waals surface area contributed by atoms with Gasteiger partial charge in [-0.05, 0) is 19.1 Å². The van der Waals surface area contributed by atoms with Crippen molar-refractivity contribution in [1.82, 2.24) is 9.84 Å². The Labute approximate surface area is 94.1 Å². The van der Waals surface area contributed by atoms with Crippen molar-refractivity contribution in [2.45, 2.75) is 11.8 Å². The van der Waals surface area contributed by atoms with Gasteiger partial charge in [0, 0.05) is 25.3 Å². The molecule has 0 saturated carbocycles. The lowest BCUT2D eigenvalue weighted by Crippen LogP contribution is -2.36. The highest BCUT2D eigenvalue weighted by Gasteiger charge is 2.20. The molecule has 0 heterocycles. The summed E-state index contributed by atoms with van der Waals surface area (Å²) in [5.74, 6) is -0.640. The topological polar surface area (TPSA) is 75.4 Å². The Morgan fingerprint density at radius 1 is 1.38 bits per heavy atom. The van der Waals surface area contributed by atoms with E-state index in [1.54, 1.807) is 0 Å². The van der Waals surface area contributed by atoms with Crippen molar-refractivity contribution in [1.29, 1.82) is 0 Å². The first-order valence-electron chi connectivity index (χ1n) is 4.49. The molecule has 0 radical (unpaired) electrons. The van der Waals surface area contributed by atoms with Crippen LogP contribution in [-0.2, 0) is 10.0 Å². The smallest absolute Gasteiger partial charge is 0.253 e. The normalized spacial score (nSPS) is 12.1. The first-order chi connectivity index (χ1) is 7.24. The molecule has 0 aromatic heterocycles. The van der Waals surface area contributed by atoms with Gasteiger partial charge in [-0.25, -0.2) is 17.8 Å². The SMILES string of the molecule is Cc1c(F)cc(N)cc1S(=O)(=O)NN(C)C. The summed E-state index contributed by atoms with van der Waals surface area (Å²) in [6.45, 7) is 1.39. The van der Waals surface area contributed by atoms with Gasteiger partial charge >= 0.3 is 0 Å². The molecule has 7 heteroatoms. The fourth-order valence-electron chi connectivity index (χ4n) is 1.24. The van der Waals surface area contributed by atoms with E-state index in [-0.39, 0.29) is 16.1 Å². The maximum absolute atomic E-state index is 13.3. The predicted octanol–water partition coefficient (Wildman–Crippen LogP) is 0.471. The standard InChI is InChI=1S/C9H14FN3O2S/c1-6-8(10)4-7(11)5-9(6)16(14,15)12-13(2)3/h4-5,12H,11H2,1-3H3. The average molecular weight is 247 g/mol. The lowest BCUT2D eigenvalue weighted by atomic mass is 10.2. The zero-order valence-electron chi connectivity index (χ0n) is 9.28. The molecule has 0 aliphatic heterocycles. The fraction of sp³-hybridized carbons (Fsp3) is 0.333. The number of nitrogens with two attached hydrogens (primary N) is 1. The number of sulfonamides is 1. The van der Waals surface area contributed by atoms with Gasteiger partial charge in [-0.3, -0.25) is 0 Å². The molecule has 0 bridgehead atoms. The van der Waals surface area contributed by atoms with Crippen LogP contribution < -0.4 is 10.6 Å². The van der Waals surface area contributed by atoms with E-state index in [0.29, 0.717) is 0 Å². The van der Waals surface area contributed by atoms with Crippen LogP contribution in [-0.4, -0.2) is 27.5 Å². The Morgan fingerprint density at radius 3 is 2.44 bits per heavy atom. The van der Waals surface area contributed by atoms with Crippen LogP contribution in [0.2, 0.25) is 0 Å². The van der Waals surface area contributed by atoms with Gasteiger partial charge in [-0.15, -0.1) is 4.83 Å². The van der Waals surface area contributed by atoms with Crippen LogP contribution in [0.1, 0.15) is 5.56 Å². The van der Waals surface area contributed by atoms with Crippen molar-refractivity contribution >= 4 is 15.7 Å². The van der Waals surface area contributed by atoms with Gasteiger partial charge < -0.3 is 5.73 Å². The minimum absolute atomic E-state index is 0.0450. The summed E-state index contributed by atoms with van der Waals surface area (Å²) in [4.78, 5) is 2.06. The van der Waals surface area contributed by atoms with E-state index in [0.717, 1.165) is 6.07 Å². The first kappa shape index (κ1) is 12.9. The molecule has 0 fully saturated rings. The Hall–Kier alpha value is -1.18. The van der Waals surface area contributed by atoms with Gasteiger partial charge in [-0.1, -0.05) is 0 Å². The van der Waals surface area contributed by atoms with Gasteiger partial charge in [0.15, 0.2) is 0 Å². The molecule has 90 valence electrons. The molecule has 0 saturated heterocycles. The molecule has 1 aromatic carbocycles. The number of nitrogens with one attached hydrogen (secondary N) is 1. The van der Waals surface area contributed by atoms with Crippen LogP contribution >= 0.6 is 0 Å². The molecule has 16 heavy (non-hydrogen) atoms. The van der Waals surface area contributed by atoms with Crippen molar-refractivity contribution in [2.24, 2.45) is 0 Å². The van der Waals surface area contributed by atoms with Crippen LogP contribution in [0.5, 0.6) is 0 Å². The second kappa shape index (κ2) is 4.36. The zero-order chi connectivity index (χ0) is 12.5. The van der Waals surface area contributed by atoms with E-state index in [4.69, 9.17) is 5.73 Å². The van der Waals surface area contributed by atoms with Gasteiger partial charge in [0.25, 0.3) is 10.0 Å². The van der Waals surface area contributed by atoms with Crippen LogP contribution in [0.3, 0.4) is 0 Å². The third kappa shape index (κ3) is 2.69. The predicted molar refractivity (Wildman–Crippen MR) is 59.6 cm³/mol. The van der Waals surface area contributed by atoms with Crippen LogP contribution in [0.4, 0.5) is 10.1 Å². The number of anilines is 1. The highest BCUT2D eigenvalue weighted by Crippen LogP contribution is 2.21. The summed E-state index contributed by atoms with van der Waals surface area (Å²) in [5.41, 5.74) is 5.53. The second-order valence-electron chi connectivity index (χ2n) is 3.62. The molecule has 3 N–H and O–H groups in total. The average Bonchev–Trinajstić information content (AvgIpc) is 2.08. The highest BCUT2D eigenvalue weighted by molar-refractivity contribution is 7.89. The fourth-order valence-corrected chi connectivity index (χ4v) is 2.61. The molecule has 0 atom stereocenters. The molecule has 0 amide bonds. The largest absolute Gasteiger partial charge is 0.399 e. The number of halogens is 1. The number of hydrazine groups is 1. The number of nitrogen functional groups attached to an aromatic ring is 1. The molecule has 0 unspecified atom stereocenters. The number of hydrogen-bond acceptors (Lipinski definition) is 4. The summed E-state index contributed by atoms with van der Waals surface area (Å²) in [6, 6.07) is 2.31. The Bertz CT molecular complexity index is 500. The van der Waals surface area contributed by atoms with E-state index in [1.807, 2.05) is 0 Å². The molecule has 0 aliphatic rings. The summed E-state index contributed by atoms with van der Waals surface area (Å²) >= 11 is 0. The second-order valence-corrected chi connectivity index (χ2v) is 5.24. The Kier molecular flexibility index (Phi) is 3.51. The number of benzene rings is 1. The van der Waals surface area contributed by atoms with E-state index in [1.165, 1.54) is 32.1 Å². The molecule has 0 spiro atoms. The van der Waals surface area contributed by atoms with Crippen molar-refractivity contribution in [3.8, 4) is 0 Å². The molecular weight excluding hydrogens is 233 g/mol. The van der Waals surface area contributed by atoms with Gasteiger partial charge in [0.1, 0.15) is 5.82 Å². The highest BCUT2D eigenvalue weighted by atomic mass is 32.2. The molecule has 1 aromatic rings. The Morgan fingerprint density at radius 2 is 1.94 bits per heavy atom. The lowest BCUT2D eigenvalue weighted by molar-refractivity contribution is 0.363. The van der Waals surface area contributed by atoms with Crippen LogP contribution in [0, 0.1) is 12.7 Å². The molecule has 1 rings (SSSR count). The molecule has 0 aliphatic carbocycles. The third-order valence-corrected chi connectivity index (χ3v) is 3.52. The summed E-state index contributed by atoms with van der Waals surface area (Å²) in [7, 11) is -0.733. The minimum atomic E-state index is -3.78. The minimum Gasteiger partial charge on any atom is -0.399 e. The van der Waals surface area contributed by atoms with Crippen LogP contribution in [0.25, 0.3) is 0 Å². The molecule has 5 nitrogen and oxygen atoms in total. The van der Waals surface area contributed by atoms with E-state index < -0.39 is 15.8 Å². The van der Waals surface area contributed by atoms with Crippen molar-refractivity contribution in [3.05, 3.63) is 23.5 Å². The zero-order valence-corrected chi connectivity index (χ0v) is 10.1. The van der Waals surface area contributed by atoms with Gasteiger partial charge in [0.05, 0.1) is 4.90 Å². The van der Waals surface area contributed by atoms with E-state index >= 15 is 0 Å². The first-order valence-corrected chi connectivity index (χ1v) is 5.98. The number of rotatable bonds is 3. The number of hydrogen-bond donors (Lipinski definition) is 2. The van der Waals surface area contributed by atoms with E-state index in [9.17, 15) is 12.8 Å². The number of nitrogens with zero attached hydrogens (tertiary/aromatic N) is 1. The summed E-state index contributed by atoms with van der Waals surface area (Å²) in [5, 5.41) is 1.26. The monoisotopic (exact) mass is 247 g/mol. The quantitative estimate of drug-likeness (QED) is 0.601. The van der Waals surface area contributed by atoms with Gasteiger partial charge in [-0.2, -0.15) is 0 Å². The molecular formula is C9H14FN3O2S. The van der Waals surface area contributed by atoms with Crippen molar-refractivity contribution in [3.63, 3.8) is 0 Å². The van der Waals surface area contributed by atoms with Crippen LogP contribution in [0.15, 0.2) is 17.0 Å². The third-order valence-electron chi connectivity index (χ3n) is 1.91. The summed E-state index contributed by atoms with van der Waals surface area (Å²) < 4.78 is 36.9.